The summed E-state index contributed by atoms with van der Waals surface area (Å²) in [6.45, 7) is 4.62. The smallest absolute Gasteiger partial charge is 0.311 e. The first-order valence-corrected chi connectivity index (χ1v) is 41.7. The molecule has 0 aliphatic heterocycles. The minimum absolute atomic E-state index is 0.0249. The number of aliphatic imine (C=N–C) groups is 1. The molecule has 0 fully saturated rings. The normalized spacial score (nSPS) is 11.6. The average Bonchev–Trinajstić information content (AvgIpc) is 0.853. The van der Waals surface area contributed by atoms with E-state index in [0.29, 0.717) is 53.2 Å². The summed E-state index contributed by atoms with van der Waals surface area (Å²) >= 11 is 0. The molecule has 35 nitrogen and oxygen atoms in total. The summed E-state index contributed by atoms with van der Waals surface area (Å²) in [6, 6.07) is 12.2. The van der Waals surface area contributed by atoms with Gasteiger partial charge in [-0.1, -0.05) is 193 Å². The van der Waals surface area contributed by atoms with Crippen molar-refractivity contribution in [2.75, 3.05) is 80.4 Å². The van der Waals surface area contributed by atoms with Crippen LogP contribution < -0.4 is 93.9 Å². The van der Waals surface area contributed by atoms with E-state index < -0.39 is 97.1 Å². The van der Waals surface area contributed by atoms with Crippen LogP contribution in [0.15, 0.2) is 74.9 Å². The maximum absolute atomic E-state index is 13.9. The van der Waals surface area contributed by atoms with Crippen LogP contribution >= 0.6 is 0 Å². The highest BCUT2D eigenvalue weighted by atomic mass is 16.7. The number of hydrogen-bond donors (Lipinski definition) is 12. The molecule has 118 heavy (non-hydrogen) atoms. The number of carbonyl (C=O) groups is 10. The van der Waals surface area contributed by atoms with E-state index in [0.717, 1.165) is 57.8 Å². The number of nitrogens with one attached hydrogen (secondary N) is 10. The van der Waals surface area contributed by atoms with Crippen molar-refractivity contribution in [2.45, 2.75) is 251 Å². The largest absolute Gasteiger partial charge is 0.493 e. The number of para-hydroxylation sites is 3. The Kier molecular flexibility index (Phi) is 57.1. The van der Waals surface area contributed by atoms with E-state index in [1.165, 1.54) is 136 Å². The molecular formula is C83H132N16O19. The van der Waals surface area contributed by atoms with Gasteiger partial charge in [0.25, 0.3) is 0 Å². The zero-order valence-corrected chi connectivity index (χ0v) is 70.2. The molecule has 0 aliphatic carbocycles. The first-order chi connectivity index (χ1) is 57.4. The van der Waals surface area contributed by atoms with E-state index in [1.807, 2.05) is 0 Å². The number of carbonyl (C=O) groups excluding carboxylic acids is 10. The number of amides is 7. The number of benzene rings is 3. The van der Waals surface area contributed by atoms with E-state index >= 15 is 0 Å². The molecule has 7 amide bonds. The Labute approximate surface area is 694 Å². The van der Waals surface area contributed by atoms with Gasteiger partial charge in [0.2, 0.25) is 41.4 Å². The second kappa shape index (κ2) is 66.4. The minimum Gasteiger partial charge on any atom is -0.493 e. The van der Waals surface area contributed by atoms with E-state index in [2.05, 4.69) is 95.1 Å². The highest BCUT2D eigenvalue weighted by molar-refractivity contribution is 5.93. The minimum atomic E-state index is -1.41. The quantitative estimate of drug-likeness (QED) is 0.00628. The average molecular weight is 1660 g/mol. The Morgan fingerprint density at radius 2 is 0.644 bits per heavy atom. The number of methoxy groups -OCH3 is 3. The highest BCUT2D eigenvalue weighted by Gasteiger charge is 2.28. The van der Waals surface area contributed by atoms with Crippen molar-refractivity contribution < 1.29 is 90.9 Å². The lowest BCUT2D eigenvalue weighted by atomic mass is 10.1. The molecule has 0 saturated heterocycles. The standard InChI is InChI=1S/C83H132N16O19/c1-7-10-13-16-19-22-25-28-31-43-75(105)116-78-62(37-34-40-67(78)110-4)56-92-97-113-59-72(102)88-52-50-86-70(100)48-46-65(81(108)91-55-54-90-74(104)61-115-99-94-58-64-39-36-42-69(112-6)80(64)118-77(107)45-33-30-27-24-21-18-15-12-9-3)95-82(109)66(96-83(84)85)47-49-71(101)87-51-53-89-73(103)60-114-98-93-57-63-38-35-41-68(111-5)79(63)117-76(106)44-32-29-26-23-20-17-14-11-8-2/h34-42,56-58,65-66,97-99H,7-33,43-55,59-61H2,1-6H3,(H,86,100)(H,87,101)(H,88,102)(H,89,103)(H,90,104)(H,91,108)(H,95,109)(H4,84,85,96)/b92-56+,93-57+,94-58+/t65-,66-/m0/s1. The van der Waals surface area contributed by atoms with Crippen LogP contribution in [0, 0.1) is 0 Å². The van der Waals surface area contributed by atoms with E-state index in [-0.39, 0.29) is 101 Å². The van der Waals surface area contributed by atoms with Crippen molar-refractivity contribution in [1.82, 2.24) is 54.0 Å². The lowest BCUT2D eigenvalue weighted by molar-refractivity contribution is -0.135. The van der Waals surface area contributed by atoms with Crippen molar-refractivity contribution in [3.05, 3.63) is 71.3 Å². The van der Waals surface area contributed by atoms with Crippen molar-refractivity contribution in [3.63, 3.8) is 0 Å². The van der Waals surface area contributed by atoms with Crippen molar-refractivity contribution in [1.29, 1.82) is 0 Å². The topological polar surface area (TPSA) is 476 Å². The number of ether oxygens (including phenoxy) is 6. The Balaban J connectivity index is 1.54. The number of esters is 3. The molecule has 3 rings (SSSR count). The zero-order chi connectivity index (χ0) is 85.9. The van der Waals surface area contributed by atoms with Gasteiger partial charge in [-0.2, -0.15) is 32.1 Å². The molecule has 0 spiro atoms. The van der Waals surface area contributed by atoms with E-state index in [9.17, 15) is 47.9 Å². The summed E-state index contributed by atoms with van der Waals surface area (Å²) in [6.07, 6.45) is 33.4. The molecule has 14 N–H and O–H groups in total. The third kappa shape index (κ3) is 48.8. The highest BCUT2D eigenvalue weighted by Crippen LogP contribution is 2.33. The van der Waals surface area contributed by atoms with Crippen LogP contribution in [0.1, 0.15) is 256 Å². The molecule has 0 aromatic heterocycles. The molecule has 0 heterocycles. The fourth-order valence-electron chi connectivity index (χ4n) is 11.8. The first-order valence-electron chi connectivity index (χ1n) is 41.7. The fourth-order valence-corrected chi connectivity index (χ4v) is 11.8. The van der Waals surface area contributed by atoms with Crippen LogP contribution in [0.25, 0.3) is 0 Å². The number of unbranched alkanes of at least 4 members (excludes halogenated alkanes) is 24. The van der Waals surface area contributed by atoms with Crippen LogP contribution in [-0.4, -0.2) is 176 Å². The van der Waals surface area contributed by atoms with Crippen LogP contribution in [0.4, 0.5) is 0 Å². The Bertz CT molecular complexity index is 3540. The van der Waals surface area contributed by atoms with Gasteiger partial charge in [-0.3, -0.25) is 47.9 Å². The maximum atomic E-state index is 13.9. The first kappa shape index (κ1) is 102. The van der Waals surface area contributed by atoms with Crippen molar-refractivity contribution >= 4 is 83.9 Å². The van der Waals surface area contributed by atoms with Crippen molar-refractivity contribution in [2.24, 2.45) is 31.8 Å². The number of nitrogens with zero attached hydrogens (tertiary/aromatic N) is 4. The summed E-state index contributed by atoms with van der Waals surface area (Å²) in [5, 5.41) is 30.2. The second-order valence-corrected chi connectivity index (χ2v) is 28.0. The molecule has 3 aromatic rings. The molecule has 0 aliphatic rings. The molecule has 35 heteroatoms. The molecule has 0 radical (unpaired) electrons. The van der Waals surface area contributed by atoms with Crippen LogP contribution in [0.3, 0.4) is 0 Å². The Morgan fingerprint density at radius 1 is 0.356 bits per heavy atom. The van der Waals surface area contributed by atoms with Gasteiger partial charge in [0.15, 0.2) is 60.3 Å². The number of hydrazone groups is 3. The van der Waals surface area contributed by atoms with E-state index in [1.54, 1.807) is 54.6 Å². The predicted octanol–water partition coefficient (Wildman–Crippen LogP) is 8.54. The molecular weight excluding hydrogens is 1530 g/mol. The summed E-state index contributed by atoms with van der Waals surface area (Å²) in [5.74, 6) is -4.80. The van der Waals surface area contributed by atoms with Gasteiger partial charge in [-0.05, 0) is 68.5 Å². The summed E-state index contributed by atoms with van der Waals surface area (Å²) in [4.78, 5) is 150. The van der Waals surface area contributed by atoms with Crippen LogP contribution in [0.2, 0.25) is 0 Å². The molecule has 0 unspecified atom stereocenters. The monoisotopic (exact) mass is 1660 g/mol. The van der Waals surface area contributed by atoms with Crippen LogP contribution in [0.5, 0.6) is 34.5 Å². The van der Waals surface area contributed by atoms with Gasteiger partial charge in [0.1, 0.15) is 12.1 Å². The maximum Gasteiger partial charge on any atom is 0.311 e. The van der Waals surface area contributed by atoms with E-state index in [4.69, 9.17) is 54.4 Å². The SMILES string of the molecule is CCCCCCCCCCCC(=O)Oc1c(/C=N/NOCC(=O)NCCNC(=O)CC[C@H](N=C(N)N)C(=O)N[C@@H](CCC(=O)NCCNC(=O)CON/N=C/c2cccc(OC)c2OC(=O)CCCCCCCCCCC)C(=O)NCCNC(=O)CON/N=C/c2cccc(OC)c2OC(=O)CCCCCCCCCCC)cccc1OC. The predicted molar refractivity (Wildman–Crippen MR) is 450 cm³/mol. The fraction of sp³-hybridized carbons (Fsp3) is 0.614. The summed E-state index contributed by atoms with van der Waals surface area (Å²) < 4.78 is 33.4. The molecule has 0 saturated carbocycles. The van der Waals surface area contributed by atoms with Crippen LogP contribution in [-0.2, 0) is 62.5 Å². The molecule has 3 aromatic carbocycles. The number of rotatable bonds is 70. The van der Waals surface area contributed by atoms with Gasteiger partial charge in [-0.25, -0.2) is 19.5 Å². The van der Waals surface area contributed by atoms with Gasteiger partial charge in [0.05, 0.1) is 40.0 Å². The summed E-state index contributed by atoms with van der Waals surface area (Å²) in [7, 11) is 4.35. The van der Waals surface area contributed by atoms with Gasteiger partial charge < -0.3 is 77.1 Å². The molecule has 658 valence electrons. The second-order valence-electron chi connectivity index (χ2n) is 28.0. The number of guanidine groups is 1. The van der Waals surface area contributed by atoms with Gasteiger partial charge in [-0.15, -0.1) is 0 Å². The third-order valence-electron chi connectivity index (χ3n) is 18.2. The molecule has 0 bridgehead atoms. The Hall–Kier alpha value is -10.7. The lowest BCUT2D eigenvalue weighted by Gasteiger charge is -2.21. The van der Waals surface area contributed by atoms with Crippen molar-refractivity contribution in [3.8, 4) is 34.5 Å². The third-order valence-corrected chi connectivity index (χ3v) is 18.2. The van der Waals surface area contributed by atoms with Gasteiger partial charge >= 0.3 is 17.9 Å². The number of nitrogens with two attached hydrogens (primary N) is 2. The molecule has 2 atom stereocenters. The zero-order valence-electron chi connectivity index (χ0n) is 70.2. The lowest BCUT2D eigenvalue weighted by Crippen LogP contribution is -2.51. The van der Waals surface area contributed by atoms with Gasteiger partial charge in [0, 0.05) is 88.1 Å². The summed E-state index contributed by atoms with van der Waals surface area (Å²) in [5.41, 5.74) is 19.6. The Morgan fingerprint density at radius 3 is 0.949 bits per heavy atom. The number of hydrogen-bond acceptors (Lipinski definition) is 26.